The SMILES string of the molecule is [2H]c1c(Cl)c(Oc2n[nH]c(=O)c(C(C)C([2H])([2H])[2H])c2Cl)c(Cl)c([2H])c1-n1nc(C#N)c(=O)[nH]c1=O. The van der Waals surface area contributed by atoms with Crippen LogP contribution in [0.4, 0.5) is 0 Å². The van der Waals surface area contributed by atoms with Gasteiger partial charge in [0.2, 0.25) is 5.69 Å². The molecule has 13 heteroatoms. The van der Waals surface area contributed by atoms with Crippen LogP contribution in [0.25, 0.3) is 5.69 Å². The maximum atomic E-state index is 12.2. The van der Waals surface area contributed by atoms with Crippen LogP contribution in [0.5, 0.6) is 11.6 Å². The summed E-state index contributed by atoms with van der Waals surface area (Å²) in [5.41, 5.74) is -4.79. The number of nitrogens with one attached hydrogen (secondary N) is 2. The van der Waals surface area contributed by atoms with Gasteiger partial charge in [0.1, 0.15) is 11.1 Å². The Morgan fingerprint density at radius 1 is 1.27 bits per heavy atom. The molecule has 0 fully saturated rings. The van der Waals surface area contributed by atoms with Crippen molar-refractivity contribution in [2.24, 2.45) is 0 Å². The maximum absolute atomic E-state index is 12.2. The number of H-pyrrole nitrogens is 2. The lowest BCUT2D eigenvalue weighted by Crippen LogP contribution is -2.33. The molecule has 0 amide bonds. The quantitative estimate of drug-likeness (QED) is 0.591. The van der Waals surface area contributed by atoms with Crippen molar-refractivity contribution in [1.29, 1.82) is 5.26 Å². The molecule has 30 heavy (non-hydrogen) atoms. The number of ether oxygens (including phenoxy) is 1. The van der Waals surface area contributed by atoms with E-state index in [1.54, 1.807) is 0 Å². The largest absolute Gasteiger partial charge is 0.433 e. The Morgan fingerprint density at radius 3 is 2.53 bits per heavy atom. The van der Waals surface area contributed by atoms with E-state index in [1.165, 1.54) is 13.0 Å². The number of aromatic amines is 2. The van der Waals surface area contributed by atoms with Gasteiger partial charge in [0.15, 0.2) is 5.75 Å². The number of nitrogens with zero attached hydrogens (tertiary/aromatic N) is 4. The summed E-state index contributed by atoms with van der Waals surface area (Å²) in [6.07, 6.45) is 0. The molecule has 2 N–H and O–H groups in total. The molecule has 0 aliphatic rings. The number of nitriles is 1. The summed E-state index contributed by atoms with van der Waals surface area (Å²) in [6, 6.07) is 0.0409. The van der Waals surface area contributed by atoms with Gasteiger partial charge in [-0.2, -0.15) is 9.94 Å². The van der Waals surface area contributed by atoms with E-state index in [9.17, 15) is 14.4 Å². The molecule has 0 radical (unpaired) electrons. The number of rotatable bonds is 4. The number of aromatic nitrogens is 5. The molecule has 2 heterocycles. The summed E-state index contributed by atoms with van der Waals surface area (Å²) in [5.74, 6) is -2.37. The van der Waals surface area contributed by atoms with Gasteiger partial charge in [-0.1, -0.05) is 48.6 Å². The smallest absolute Gasteiger partial charge is 0.349 e. The zero-order valence-electron chi connectivity index (χ0n) is 19.6. The highest BCUT2D eigenvalue weighted by molar-refractivity contribution is 6.37. The van der Waals surface area contributed by atoms with E-state index in [4.69, 9.17) is 51.7 Å². The van der Waals surface area contributed by atoms with E-state index in [0.717, 1.165) is 0 Å². The van der Waals surface area contributed by atoms with Crippen LogP contribution in [0.1, 0.15) is 37.8 Å². The molecule has 0 aliphatic heterocycles. The lowest BCUT2D eigenvalue weighted by Gasteiger charge is -2.14. The third-order valence-electron chi connectivity index (χ3n) is 3.56. The average molecular weight is 475 g/mol. The monoisotopic (exact) mass is 473 g/mol. The Labute approximate surface area is 189 Å². The fourth-order valence-corrected chi connectivity index (χ4v) is 3.07. The molecule has 3 aromatic rings. The summed E-state index contributed by atoms with van der Waals surface area (Å²) in [5, 5.41) is 16.6. The van der Waals surface area contributed by atoms with Gasteiger partial charge in [-0.3, -0.25) is 14.6 Å². The van der Waals surface area contributed by atoms with E-state index in [0.29, 0.717) is 4.68 Å². The average Bonchev–Trinajstić information content (AvgIpc) is 2.77. The zero-order valence-corrected chi connectivity index (χ0v) is 16.9. The van der Waals surface area contributed by atoms with Gasteiger partial charge in [-0.25, -0.2) is 9.89 Å². The van der Waals surface area contributed by atoms with E-state index >= 15 is 0 Å². The normalized spacial score (nSPS) is 14.6. The van der Waals surface area contributed by atoms with Crippen LogP contribution < -0.4 is 21.5 Å². The first-order chi connectivity index (χ1) is 16.2. The first-order valence-corrected chi connectivity index (χ1v) is 8.92. The summed E-state index contributed by atoms with van der Waals surface area (Å²) < 4.78 is 45.0. The van der Waals surface area contributed by atoms with Crippen LogP contribution in [0.2, 0.25) is 15.1 Å². The predicted molar refractivity (Wildman–Crippen MR) is 109 cm³/mol. The van der Waals surface area contributed by atoms with Crippen molar-refractivity contribution in [3.05, 3.63) is 69.6 Å². The topological polar surface area (TPSA) is 147 Å². The van der Waals surface area contributed by atoms with E-state index in [-0.39, 0.29) is 5.56 Å². The van der Waals surface area contributed by atoms with Crippen LogP contribution in [0, 0.1) is 11.3 Å². The lowest BCUT2D eigenvalue weighted by atomic mass is 10.1. The molecular weight excluding hydrogens is 459 g/mol. The van der Waals surface area contributed by atoms with Crippen molar-refractivity contribution in [2.75, 3.05) is 0 Å². The minimum absolute atomic E-state index is 0.356. The third kappa shape index (κ3) is 3.95. The van der Waals surface area contributed by atoms with E-state index < -0.39 is 79.7 Å². The Hall–Kier alpha value is -3.13. The molecule has 0 saturated heterocycles. The zero-order chi connectivity index (χ0) is 26.4. The van der Waals surface area contributed by atoms with Gasteiger partial charge in [0.05, 0.1) is 18.5 Å². The van der Waals surface area contributed by atoms with Crippen molar-refractivity contribution >= 4 is 34.8 Å². The summed E-state index contributed by atoms with van der Waals surface area (Å²) >= 11 is 18.6. The molecule has 3 rings (SSSR count). The molecule has 0 bridgehead atoms. The van der Waals surface area contributed by atoms with E-state index in [2.05, 4.69) is 10.2 Å². The highest BCUT2D eigenvalue weighted by Crippen LogP contribution is 2.40. The Morgan fingerprint density at radius 2 is 1.93 bits per heavy atom. The van der Waals surface area contributed by atoms with Gasteiger partial charge in [-0.05, 0) is 18.0 Å². The standard InChI is InChI=1S/C17H11Cl3N6O4/c1-6(2)11-12(20)16(24-23-15(11)28)30-13-8(18)3-7(4-9(13)19)26-17(29)22-14(27)10(5-21)25-26/h3-4,6H,1-2H3,(H,23,28)(H,22,27,29)/i1D3,3D,4D. The van der Waals surface area contributed by atoms with Crippen molar-refractivity contribution in [1.82, 2.24) is 25.0 Å². The Kier molecular flexibility index (Phi) is 4.34. The second-order valence-electron chi connectivity index (χ2n) is 5.60. The second-order valence-corrected chi connectivity index (χ2v) is 6.73. The van der Waals surface area contributed by atoms with Crippen LogP contribution in [-0.4, -0.2) is 25.0 Å². The van der Waals surface area contributed by atoms with Gasteiger partial charge >= 0.3 is 5.69 Å². The number of hydrogen-bond donors (Lipinski definition) is 2. The number of benzene rings is 1. The van der Waals surface area contributed by atoms with Gasteiger partial charge in [0.25, 0.3) is 17.0 Å². The van der Waals surface area contributed by atoms with Gasteiger partial charge in [-0.15, -0.1) is 10.2 Å². The Balaban J connectivity index is 2.22. The Bertz CT molecular complexity index is 1550. The highest BCUT2D eigenvalue weighted by Gasteiger charge is 2.20. The molecular formula is C17H11Cl3N6O4. The first-order valence-electron chi connectivity index (χ1n) is 10.3. The van der Waals surface area contributed by atoms with Crippen LogP contribution in [-0.2, 0) is 0 Å². The summed E-state index contributed by atoms with van der Waals surface area (Å²) in [4.78, 5) is 37.8. The predicted octanol–water partition coefficient (Wildman–Crippen LogP) is 2.75. The van der Waals surface area contributed by atoms with Crippen molar-refractivity contribution < 1.29 is 11.6 Å². The molecule has 1 atom stereocenters. The molecule has 0 saturated carbocycles. The third-order valence-corrected chi connectivity index (χ3v) is 4.46. The number of halogens is 3. The fraction of sp³-hybridized carbons (Fsp3) is 0.176. The van der Waals surface area contributed by atoms with E-state index in [1.807, 2.05) is 10.1 Å². The van der Waals surface area contributed by atoms with Crippen LogP contribution >= 0.6 is 34.8 Å². The minimum Gasteiger partial charge on any atom is -0.433 e. The number of hydrogen-bond acceptors (Lipinski definition) is 7. The molecule has 154 valence electrons. The molecule has 0 aliphatic carbocycles. The van der Waals surface area contributed by atoms with Crippen molar-refractivity contribution in [2.45, 2.75) is 19.7 Å². The van der Waals surface area contributed by atoms with Gasteiger partial charge in [0, 0.05) is 9.68 Å². The minimum atomic E-state index is -2.59. The molecule has 2 aromatic heterocycles. The first kappa shape index (κ1) is 15.7. The fourth-order valence-electron chi connectivity index (χ4n) is 2.25. The van der Waals surface area contributed by atoms with Crippen LogP contribution in [0.3, 0.4) is 0 Å². The molecule has 1 aromatic carbocycles. The van der Waals surface area contributed by atoms with Crippen LogP contribution in [0.15, 0.2) is 26.5 Å². The van der Waals surface area contributed by atoms with Gasteiger partial charge < -0.3 is 4.74 Å². The summed E-state index contributed by atoms with van der Waals surface area (Å²) in [6.45, 7) is -1.34. The second kappa shape index (κ2) is 8.31. The highest BCUT2D eigenvalue weighted by atomic mass is 35.5. The maximum Gasteiger partial charge on any atom is 0.349 e. The molecule has 10 nitrogen and oxygen atoms in total. The molecule has 0 spiro atoms. The summed E-state index contributed by atoms with van der Waals surface area (Å²) in [7, 11) is 0. The molecule has 1 unspecified atom stereocenters. The lowest BCUT2D eigenvalue weighted by molar-refractivity contribution is 0.453. The van der Waals surface area contributed by atoms with Crippen molar-refractivity contribution in [3.63, 3.8) is 0 Å². The van der Waals surface area contributed by atoms with Crippen molar-refractivity contribution in [3.8, 4) is 23.4 Å².